The number of hydrogen-bond donors (Lipinski definition) is 1. The molecule has 0 spiro atoms. The van der Waals surface area contributed by atoms with Gasteiger partial charge < -0.3 is 0 Å². The highest BCUT2D eigenvalue weighted by Gasteiger charge is 2.17. The van der Waals surface area contributed by atoms with Crippen LogP contribution in [-0.4, -0.2) is 18.2 Å². The maximum absolute atomic E-state index is 10.7. The van der Waals surface area contributed by atoms with E-state index in [2.05, 4.69) is 0 Å². The Morgan fingerprint density at radius 1 is 1.29 bits per heavy atom. The van der Waals surface area contributed by atoms with Gasteiger partial charge in [0.1, 0.15) is 4.90 Å². The molecule has 0 saturated carbocycles. The van der Waals surface area contributed by atoms with Crippen molar-refractivity contribution in [3.8, 4) is 0 Å². The molecule has 78 valence electrons. The molecule has 1 N–H and O–H groups in total. The maximum Gasteiger partial charge on any atom is 0.295 e. The smallest absolute Gasteiger partial charge is 0.282 e. The fraction of sp³-hybridized carbons (Fsp3) is 0. The Bertz CT molecular complexity index is 441. The lowest BCUT2D eigenvalue weighted by Crippen LogP contribution is -2.04. The van der Waals surface area contributed by atoms with Crippen LogP contribution in [0.25, 0.3) is 0 Å². The predicted octanol–water partition coefficient (Wildman–Crippen LogP) is 1.73. The van der Waals surface area contributed by atoms with Crippen molar-refractivity contribution >= 4 is 39.4 Å². The molecule has 0 saturated heterocycles. The Hall–Kier alpha value is -0.620. The highest BCUT2D eigenvalue weighted by atomic mass is 35.5. The van der Waals surface area contributed by atoms with Crippen LogP contribution in [0, 0.1) is 0 Å². The first-order chi connectivity index (χ1) is 5.93. The minimum Gasteiger partial charge on any atom is -0.282 e. The molecule has 0 aliphatic rings. The van der Waals surface area contributed by atoms with Crippen LogP contribution < -0.4 is 0 Å². The van der Waals surface area contributed by atoms with Gasteiger partial charge >= 0.3 is 0 Å². The lowest BCUT2D eigenvalue weighted by Gasteiger charge is -2.00. The van der Waals surface area contributed by atoms with Gasteiger partial charge in [0, 0.05) is 0 Å². The fourth-order valence-corrected chi connectivity index (χ4v) is 1.76. The molecule has 0 aliphatic heterocycles. The van der Waals surface area contributed by atoms with Gasteiger partial charge in [-0.15, -0.1) is 12.4 Å². The zero-order chi connectivity index (χ0) is 10.1. The molecule has 1 aromatic rings. The Balaban J connectivity index is 0.00000169. The Morgan fingerprint density at radius 3 is 2.14 bits per heavy atom. The van der Waals surface area contributed by atoms with Gasteiger partial charge in [-0.25, -0.2) is 0 Å². The highest BCUT2D eigenvalue weighted by molar-refractivity contribution is 7.86. The molecule has 0 aliphatic carbocycles. The van der Waals surface area contributed by atoms with Gasteiger partial charge in [-0.1, -0.05) is 12.1 Å². The van der Waals surface area contributed by atoms with E-state index < -0.39 is 20.3 Å². The monoisotopic (exact) mass is 256 g/mol. The predicted molar refractivity (Wildman–Crippen MR) is 53.7 cm³/mol. The molecule has 0 bridgehead atoms. The second-order valence-electron chi connectivity index (χ2n) is 2.24. The fourth-order valence-electron chi connectivity index (χ4n) is 0.854. The van der Waals surface area contributed by atoms with E-state index in [0.29, 0.717) is 0 Å². The van der Waals surface area contributed by atoms with Gasteiger partial charge in [0.05, 0.1) is 5.56 Å². The first-order valence-corrected chi connectivity index (χ1v) is 5.01. The third kappa shape index (κ3) is 2.95. The van der Waals surface area contributed by atoms with Crippen LogP contribution in [0.3, 0.4) is 0 Å². The number of halogens is 2. The zero-order valence-electron chi connectivity index (χ0n) is 6.68. The van der Waals surface area contributed by atoms with Crippen molar-refractivity contribution < 1.29 is 17.8 Å². The molecule has 1 aromatic carbocycles. The van der Waals surface area contributed by atoms with E-state index >= 15 is 0 Å². The van der Waals surface area contributed by atoms with Crippen LogP contribution >= 0.6 is 24.0 Å². The molecule has 0 unspecified atom stereocenters. The van der Waals surface area contributed by atoms with E-state index in [1.54, 1.807) is 0 Å². The summed E-state index contributed by atoms with van der Waals surface area (Å²) >= 11 is 5.10. The summed E-state index contributed by atoms with van der Waals surface area (Å²) in [5, 5.41) is -0.923. The molecule has 1 rings (SSSR count). The van der Waals surface area contributed by atoms with Crippen LogP contribution in [0.1, 0.15) is 10.4 Å². The van der Waals surface area contributed by atoms with Crippen LogP contribution in [0.4, 0.5) is 0 Å². The summed E-state index contributed by atoms with van der Waals surface area (Å²) in [7, 11) is -4.38. The third-order valence-corrected chi connectivity index (χ3v) is 2.49. The first-order valence-electron chi connectivity index (χ1n) is 3.19. The molecule has 0 heterocycles. The minimum absolute atomic E-state index is 0. The van der Waals surface area contributed by atoms with Crippen LogP contribution in [0.5, 0.6) is 0 Å². The number of carbonyl (C=O) groups is 1. The molecule has 0 radical (unpaired) electrons. The van der Waals surface area contributed by atoms with Gasteiger partial charge in [-0.3, -0.25) is 9.35 Å². The molecule has 0 aromatic heterocycles. The van der Waals surface area contributed by atoms with Crippen LogP contribution in [0.15, 0.2) is 29.2 Å². The van der Waals surface area contributed by atoms with Crippen molar-refractivity contribution in [2.45, 2.75) is 4.90 Å². The molecule has 4 nitrogen and oxygen atoms in total. The summed E-state index contributed by atoms with van der Waals surface area (Å²) in [6.07, 6.45) is 0. The van der Waals surface area contributed by atoms with E-state index in [1.807, 2.05) is 0 Å². The molecule has 0 fully saturated rings. The Morgan fingerprint density at radius 2 is 1.79 bits per heavy atom. The van der Waals surface area contributed by atoms with Crippen molar-refractivity contribution in [1.29, 1.82) is 0 Å². The molecular weight excluding hydrogens is 251 g/mol. The van der Waals surface area contributed by atoms with E-state index in [1.165, 1.54) is 18.2 Å². The average Bonchev–Trinajstić information content (AvgIpc) is 2.03. The van der Waals surface area contributed by atoms with Gasteiger partial charge in [-0.05, 0) is 23.7 Å². The zero-order valence-corrected chi connectivity index (χ0v) is 9.06. The molecule has 14 heavy (non-hydrogen) atoms. The number of benzene rings is 1. The van der Waals surface area contributed by atoms with Crippen LogP contribution in [0.2, 0.25) is 0 Å². The van der Waals surface area contributed by atoms with Crippen molar-refractivity contribution in [3.63, 3.8) is 0 Å². The summed E-state index contributed by atoms with van der Waals surface area (Å²) in [6.45, 7) is 0. The second-order valence-corrected chi connectivity index (χ2v) is 3.98. The van der Waals surface area contributed by atoms with Crippen molar-refractivity contribution in [3.05, 3.63) is 29.8 Å². The van der Waals surface area contributed by atoms with Gasteiger partial charge in [-0.2, -0.15) is 8.42 Å². The third-order valence-electron chi connectivity index (χ3n) is 1.38. The summed E-state index contributed by atoms with van der Waals surface area (Å²) in [5.41, 5.74) is -0.230. The largest absolute Gasteiger partial charge is 0.295 e. The molecular formula is C7H6Cl2O4S. The van der Waals surface area contributed by atoms with E-state index in [4.69, 9.17) is 16.2 Å². The second kappa shape index (κ2) is 4.75. The summed E-state index contributed by atoms with van der Waals surface area (Å²) < 4.78 is 30.1. The lowest BCUT2D eigenvalue weighted by molar-refractivity contribution is 0.107. The van der Waals surface area contributed by atoms with E-state index in [9.17, 15) is 13.2 Å². The van der Waals surface area contributed by atoms with Gasteiger partial charge in [0.15, 0.2) is 0 Å². The van der Waals surface area contributed by atoms with E-state index in [-0.39, 0.29) is 18.0 Å². The standard InChI is InChI=1S/C7H5ClO4S.ClH/c8-7(9)5-3-1-2-4-6(5)13(10,11)12;/h1-4H,(H,10,11,12);1H. The van der Waals surface area contributed by atoms with Crippen LogP contribution in [-0.2, 0) is 10.1 Å². The van der Waals surface area contributed by atoms with Crippen molar-refractivity contribution in [2.75, 3.05) is 0 Å². The van der Waals surface area contributed by atoms with Crippen molar-refractivity contribution in [2.24, 2.45) is 0 Å². The molecule has 0 atom stereocenters. The summed E-state index contributed by atoms with van der Waals surface area (Å²) in [5.74, 6) is 0. The quantitative estimate of drug-likeness (QED) is 0.647. The maximum atomic E-state index is 10.7. The normalized spacial score (nSPS) is 10.4. The minimum atomic E-state index is -4.38. The first kappa shape index (κ1) is 13.4. The lowest BCUT2D eigenvalue weighted by atomic mass is 10.2. The topological polar surface area (TPSA) is 71.4 Å². The van der Waals surface area contributed by atoms with Crippen molar-refractivity contribution in [1.82, 2.24) is 0 Å². The Kier molecular flexibility index (Phi) is 4.54. The molecule has 7 heteroatoms. The van der Waals surface area contributed by atoms with Gasteiger partial charge in [0.25, 0.3) is 15.4 Å². The number of rotatable bonds is 2. The molecule has 0 amide bonds. The Labute approximate surface area is 92.0 Å². The SMILES string of the molecule is Cl.O=C(Cl)c1ccccc1S(=O)(=O)O. The summed E-state index contributed by atoms with van der Waals surface area (Å²) in [4.78, 5) is 10.2. The number of carbonyl (C=O) groups excluding carboxylic acids is 1. The summed E-state index contributed by atoms with van der Waals surface area (Å²) in [6, 6.07) is 5.15. The highest BCUT2D eigenvalue weighted by Crippen LogP contribution is 2.16. The van der Waals surface area contributed by atoms with Gasteiger partial charge in [0.2, 0.25) is 0 Å². The number of hydrogen-bond acceptors (Lipinski definition) is 3. The average molecular weight is 257 g/mol. The van der Waals surface area contributed by atoms with E-state index in [0.717, 1.165) is 6.07 Å².